The van der Waals surface area contributed by atoms with Gasteiger partial charge in [-0.25, -0.2) is 0 Å². The highest BCUT2D eigenvalue weighted by atomic mass is 79.9. The van der Waals surface area contributed by atoms with Crippen LogP contribution in [0.25, 0.3) is 0 Å². The predicted octanol–water partition coefficient (Wildman–Crippen LogP) is 3.62. The lowest BCUT2D eigenvalue weighted by Crippen LogP contribution is -2.23. The SMILES string of the molecule is C[C@@]12[C@H]3C=C(Br)[C@]1(C)C=C[C@]32Br. The minimum absolute atomic E-state index is 0.251. The zero-order valence-corrected chi connectivity index (χ0v) is 10.2. The van der Waals surface area contributed by atoms with Gasteiger partial charge in [0.25, 0.3) is 0 Å². The molecule has 3 aliphatic rings. The van der Waals surface area contributed by atoms with Crippen LogP contribution in [-0.2, 0) is 0 Å². The number of alkyl halides is 1. The number of rotatable bonds is 0. The molecule has 2 heteroatoms. The van der Waals surface area contributed by atoms with Gasteiger partial charge in [0.1, 0.15) is 0 Å². The largest absolute Gasteiger partial charge is 0.0794 e. The summed E-state index contributed by atoms with van der Waals surface area (Å²) in [6.45, 7) is 4.69. The number of hydrogen-bond acceptors (Lipinski definition) is 0. The third-order valence-corrected chi connectivity index (χ3v) is 7.00. The smallest absolute Gasteiger partial charge is 0.0577 e. The molecule has 0 bridgehead atoms. The molecule has 0 spiro atoms. The molecular weight excluding hydrogens is 280 g/mol. The first-order valence-electron chi connectivity index (χ1n) is 4.24. The van der Waals surface area contributed by atoms with E-state index in [1.807, 2.05) is 0 Å². The molecule has 3 aliphatic carbocycles. The average Bonchev–Trinajstić information content (AvgIpc) is 2.32. The topological polar surface area (TPSA) is 0 Å². The summed E-state index contributed by atoms with van der Waals surface area (Å²) < 4.78 is 1.65. The van der Waals surface area contributed by atoms with Gasteiger partial charge in [-0.1, -0.05) is 63.9 Å². The van der Waals surface area contributed by atoms with Crippen LogP contribution in [0, 0.1) is 16.7 Å². The molecule has 0 aromatic rings. The molecule has 0 unspecified atom stereocenters. The molecule has 1 fully saturated rings. The van der Waals surface area contributed by atoms with E-state index in [1.54, 1.807) is 0 Å². The van der Waals surface area contributed by atoms with E-state index in [9.17, 15) is 0 Å². The van der Waals surface area contributed by atoms with Gasteiger partial charge in [-0.15, -0.1) is 0 Å². The second-order valence-electron chi connectivity index (χ2n) is 4.50. The molecule has 12 heavy (non-hydrogen) atoms. The van der Waals surface area contributed by atoms with Gasteiger partial charge in [-0.3, -0.25) is 0 Å². The summed E-state index contributed by atoms with van der Waals surface area (Å²) in [5.74, 6) is 0.703. The van der Waals surface area contributed by atoms with Crippen LogP contribution >= 0.6 is 31.9 Å². The van der Waals surface area contributed by atoms with E-state index in [4.69, 9.17) is 0 Å². The van der Waals surface area contributed by atoms with Crippen LogP contribution in [0.1, 0.15) is 13.8 Å². The fourth-order valence-electron chi connectivity index (χ4n) is 3.03. The standard InChI is InChI=1S/C10H10Br2/c1-8-3-4-10(12)6(5-7(8)11)9(8,10)2/h3-6H,1-2H3/t6-,8+,9-,10+/m1/s1. The number of halogens is 2. The lowest BCUT2D eigenvalue weighted by atomic mass is 9.79. The van der Waals surface area contributed by atoms with Crippen molar-refractivity contribution in [2.24, 2.45) is 16.7 Å². The highest BCUT2D eigenvalue weighted by molar-refractivity contribution is 9.11. The van der Waals surface area contributed by atoms with Crippen molar-refractivity contribution in [2.45, 2.75) is 18.2 Å². The van der Waals surface area contributed by atoms with Crippen molar-refractivity contribution in [3.05, 3.63) is 22.7 Å². The minimum atomic E-state index is 0.251. The van der Waals surface area contributed by atoms with E-state index in [0.29, 0.717) is 11.3 Å². The number of allylic oxidation sites excluding steroid dienone is 4. The maximum absolute atomic E-state index is 3.84. The van der Waals surface area contributed by atoms with Gasteiger partial charge in [-0.2, -0.15) is 0 Å². The minimum Gasteiger partial charge on any atom is -0.0794 e. The third kappa shape index (κ3) is 0.451. The molecule has 0 N–H and O–H groups in total. The normalized spacial score (nSPS) is 65.0. The van der Waals surface area contributed by atoms with Crippen molar-refractivity contribution in [3.63, 3.8) is 0 Å². The summed E-state index contributed by atoms with van der Waals surface area (Å²) in [5.41, 5.74) is 0.653. The molecule has 0 amide bonds. The maximum atomic E-state index is 3.84. The molecule has 0 aliphatic heterocycles. The molecule has 0 radical (unpaired) electrons. The van der Waals surface area contributed by atoms with Crippen molar-refractivity contribution in [3.8, 4) is 0 Å². The second-order valence-corrected chi connectivity index (χ2v) is 6.66. The molecule has 0 nitrogen and oxygen atoms in total. The first-order chi connectivity index (χ1) is 5.47. The van der Waals surface area contributed by atoms with Crippen molar-refractivity contribution in [1.29, 1.82) is 0 Å². The average molecular weight is 290 g/mol. The van der Waals surface area contributed by atoms with Gasteiger partial charge in [0.05, 0.1) is 4.32 Å². The molecule has 0 aromatic carbocycles. The van der Waals surface area contributed by atoms with E-state index >= 15 is 0 Å². The molecule has 0 aromatic heterocycles. The summed E-state index contributed by atoms with van der Waals surface area (Å²) >= 11 is 7.51. The molecular formula is C10H10Br2. The lowest BCUT2D eigenvalue weighted by Gasteiger charge is -2.28. The van der Waals surface area contributed by atoms with Gasteiger partial charge in [0.2, 0.25) is 0 Å². The van der Waals surface area contributed by atoms with E-state index in [0.717, 1.165) is 0 Å². The van der Waals surface area contributed by atoms with Crippen molar-refractivity contribution in [1.82, 2.24) is 0 Å². The Labute approximate surface area is 89.4 Å². The molecule has 0 heterocycles. The Morgan fingerprint density at radius 2 is 2.00 bits per heavy atom. The van der Waals surface area contributed by atoms with Crippen LogP contribution in [-0.4, -0.2) is 4.32 Å². The van der Waals surface area contributed by atoms with E-state index in [2.05, 4.69) is 63.9 Å². The Morgan fingerprint density at radius 1 is 1.33 bits per heavy atom. The maximum Gasteiger partial charge on any atom is 0.0577 e. The van der Waals surface area contributed by atoms with Gasteiger partial charge in [0, 0.05) is 21.2 Å². The monoisotopic (exact) mass is 288 g/mol. The van der Waals surface area contributed by atoms with E-state index in [-0.39, 0.29) is 9.74 Å². The molecule has 3 rings (SSSR count). The highest BCUT2D eigenvalue weighted by Crippen LogP contribution is 2.85. The zero-order valence-electron chi connectivity index (χ0n) is 7.07. The Bertz CT molecular complexity index is 344. The van der Waals surface area contributed by atoms with E-state index < -0.39 is 0 Å². The number of hydrogen-bond donors (Lipinski definition) is 0. The predicted molar refractivity (Wildman–Crippen MR) is 57.5 cm³/mol. The summed E-state index contributed by atoms with van der Waals surface area (Å²) in [7, 11) is 0. The van der Waals surface area contributed by atoms with Crippen LogP contribution in [0.4, 0.5) is 0 Å². The highest BCUT2D eigenvalue weighted by Gasteiger charge is 2.82. The first-order valence-corrected chi connectivity index (χ1v) is 5.82. The lowest BCUT2D eigenvalue weighted by molar-refractivity contribution is 0.335. The Balaban J connectivity index is 2.28. The molecule has 64 valence electrons. The molecule has 4 atom stereocenters. The van der Waals surface area contributed by atoms with Crippen LogP contribution in [0.15, 0.2) is 22.7 Å². The first kappa shape index (κ1) is 7.81. The second kappa shape index (κ2) is 1.66. The van der Waals surface area contributed by atoms with Crippen molar-refractivity contribution >= 4 is 31.9 Å². The van der Waals surface area contributed by atoms with Gasteiger partial charge >= 0.3 is 0 Å². The van der Waals surface area contributed by atoms with Crippen LogP contribution in [0.2, 0.25) is 0 Å². The quantitative estimate of drug-likeness (QED) is 0.472. The van der Waals surface area contributed by atoms with Crippen LogP contribution in [0.3, 0.4) is 0 Å². The Morgan fingerprint density at radius 3 is 2.50 bits per heavy atom. The number of fused-ring (bicyclic) bond motifs is 1. The van der Waals surface area contributed by atoms with E-state index in [1.165, 1.54) is 4.48 Å². The van der Waals surface area contributed by atoms with Gasteiger partial charge < -0.3 is 0 Å². The summed E-state index contributed by atoms with van der Waals surface area (Å²) in [6, 6.07) is 0. The van der Waals surface area contributed by atoms with Crippen molar-refractivity contribution in [2.75, 3.05) is 0 Å². The Kier molecular flexibility index (Phi) is 1.08. The van der Waals surface area contributed by atoms with Crippen LogP contribution in [0.5, 0.6) is 0 Å². The summed E-state index contributed by atoms with van der Waals surface area (Å²) in [6.07, 6.45) is 7.04. The van der Waals surface area contributed by atoms with Gasteiger partial charge in [-0.05, 0) is 0 Å². The fraction of sp³-hybridized carbons (Fsp3) is 0.600. The Hall–Kier alpha value is 0.440. The third-order valence-electron chi connectivity index (χ3n) is 4.33. The van der Waals surface area contributed by atoms with Gasteiger partial charge in [0.15, 0.2) is 0 Å². The molecule has 1 saturated carbocycles. The van der Waals surface area contributed by atoms with Crippen molar-refractivity contribution < 1.29 is 0 Å². The summed E-state index contributed by atoms with van der Waals surface area (Å²) in [5, 5.41) is 0. The molecule has 0 saturated heterocycles. The summed E-state index contributed by atoms with van der Waals surface area (Å²) in [4.78, 5) is 0. The fourth-order valence-corrected chi connectivity index (χ4v) is 5.11. The van der Waals surface area contributed by atoms with Crippen LogP contribution < -0.4 is 0 Å². The zero-order chi connectivity index (χ0) is 8.78.